The first-order valence-electron chi connectivity index (χ1n) is 8.78. The molecule has 2 heterocycles. The number of hydrogen-bond donors (Lipinski definition) is 2. The van der Waals surface area contributed by atoms with E-state index in [0.29, 0.717) is 11.5 Å². The minimum atomic E-state index is -3.75. The lowest BCUT2D eigenvalue weighted by atomic mass is 10.2. The van der Waals surface area contributed by atoms with Crippen molar-refractivity contribution >= 4 is 33.0 Å². The number of nitrogens with zero attached hydrogens (tertiary/aromatic N) is 3. The molecular weight excluding hydrogens is 432 g/mol. The van der Waals surface area contributed by atoms with E-state index in [9.17, 15) is 13.2 Å². The van der Waals surface area contributed by atoms with Gasteiger partial charge in [-0.3, -0.25) is 0 Å². The molecule has 3 rings (SSSR count). The minimum absolute atomic E-state index is 0.00405. The number of ether oxygens (including phenoxy) is 1. The van der Waals surface area contributed by atoms with E-state index in [1.165, 1.54) is 43.6 Å². The summed E-state index contributed by atoms with van der Waals surface area (Å²) < 4.78 is 36.2. The van der Waals surface area contributed by atoms with Gasteiger partial charge >= 0.3 is 5.97 Å². The van der Waals surface area contributed by atoms with Gasteiger partial charge in [0.25, 0.3) is 5.89 Å². The number of aliphatic hydroxyl groups excluding tert-OH is 1. The van der Waals surface area contributed by atoms with E-state index in [4.69, 9.17) is 14.4 Å². The number of nitrogens with one attached hydrogen (secondary N) is 1. The fraction of sp³-hybridized carbons (Fsp3) is 0.278. The third-order valence-corrected chi connectivity index (χ3v) is 6.63. The predicted octanol–water partition coefficient (Wildman–Crippen LogP) is 1.81. The first kappa shape index (κ1) is 21.9. The number of carbonyl (C=O) groups is 1. The van der Waals surface area contributed by atoms with Crippen LogP contribution in [0.25, 0.3) is 10.7 Å². The number of rotatable bonds is 9. The molecule has 0 saturated heterocycles. The molecule has 0 aliphatic heterocycles. The highest BCUT2D eigenvalue weighted by molar-refractivity contribution is 7.89. The zero-order valence-corrected chi connectivity index (χ0v) is 17.9. The van der Waals surface area contributed by atoms with Crippen LogP contribution < -0.4 is 5.32 Å². The molecule has 0 amide bonds. The lowest BCUT2D eigenvalue weighted by Crippen LogP contribution is -2.23. The first-order chi connectivity index (χ1) is 14.3. The van der Waals surface area contributed by atoms with Crippen LogP contribution in [0.15, 0.2) is 45.1 Å². The molecule has 30 heavy (non-hydrogen) atoms. The Balaban J connectivity index is 1.80. The zero-order chi connectivity index (χ0) is 21.7. The molecule has 0 radical (unpaired) electrons. The van der Waals surface area contributed by atoms with Gasteiger partial charge in [0.1, 0.15) is 0 Å². The Morgan fingerprint density at radius 3 is 2.80 bits per heavy atom. The minimum Gasteiger partial charge on any atom is -0.452 e. The number of esters is 1. The Morgan fingerprint density at radius 2 is 2.13 bits per heavy atom. The van der Waals surface area contributed by atoms with E-state index in [0.717, 1.165) is 9.18 Å². The van der Waals surface area contributed by atoms with Crippen LogP contribution in [-0.2, 0) is 21.4 Å². The zero-order valence-electron chi connectivity index (χ0n) is 16.2. The van der Waals surface area contributed by atoms with E-state index in [2.05, 4.69) is 15.5 Å². The number of aliphatic hydroxyl groups is 1. The second kappa shape index (κ2) is 9.34. The highest BCUT2D eigenvalue weighted by Crippen LogP contribution is 2.24. The monoisotopic (exact) mass is 452 g/mol. The molecule has 2 N–H and O–H groups in total. The summed E-state index contributed by atoms with van der Waals surface area (Å²) in [7, 11) is -0.961. The molecule has 2 aromatic heterocycles. The summed E-state index contributed by atoms with van der Waals surface area (Å²) in [4.78, 5) is 17.6. The van der Waals surface area contributed by atoms with Crippen molar-refractivity contribution in [2.75, 3.05) is 32.6 Å². The molecule has 0 aliphatic carbocycles. The normalized spacial score (nSPS) is 11.6. The fourth-order valence-corrected chi connectivity index (χ4v) is 4.01. The maximum atomic E-state index is 12.7. The van der Waals surface area contributed by atoms with E-state index in [1.54, 1.807) is 0 Å². The Morgan fingerprint density at radius 1 is 1.33 bits per heavy atom. The molecule has 3 aromatic rings. The molecule has 0 aliphatic rings. The van der Waals surface area contributed by atoms with Gasteiger partial charge in [-0.25, -0.2) is 17.5 Å². The van der Waals surface area contributed by atoms with Crippen molar-refractivity contribution in [1.29, 1.82) is 0 Å². The number of benzene rings is 1. The molecule has 0 spiro atoms. The van der Waals surface area contributed by atoms with Crippen LogP contribution in [-0.4, -0.2) is 61.2 Å². The second-order valence-electron chi connectivity index (χ2n) is 6.21. The number of aromatic nitrogens is 2. The summed E-state index contributed by atoms with van der Waals surface area (Å²) in [6, 6.07) is 7.73. The third kappa shape index (κ3) is 4.84. The molecule has 0 fully saturated rings. The number of hydrogen-bond acceptors (Lipinski definition) is 10. The van der Waals surface area contributed by atoms with Crippen molar-refractivity contribution in [2.24, 2.45) is 0 Å². The predicted molar refractivity (Wildman–Crippen MR) is 110 cm³/mol. The van der Waals surface area contributed by atoms with Gasteiger partial charge in [0.15, 0.2) is 6.61 Å². The number of carbonyl (C=O) groups excluding carboxylic acids is 1. The van der Waals surface area contributed by atoms with Gasteiger partial charge in [-0.1, -0.05) is 11.2 Å². The summed E-state index contributed by atoms with van der Waals surface area (Å²) in [6.45, 7) is -0.269. The highest BCUT2D eigenvalue weighted by Gasteiger charge is 2.22. The Labute approximate surface area is 177 Å². The van der Waals surface area contributed by atoms with Gasteiger partial charge in [-0.15, -0.1) is 11.3 Å². The number of anilines is 1. The molecule has 0 saturated carbocycles. The second-order valence-corrected chi connectivity index (χ2v) is 9.31. The SMILES string of the molecule is CN(C)S(=O)(=O)c1ccc(NCCO)c(C(=O)OCc2nc(-c3cccs3)no2)c1. The van der Waals surface area contributed by atoms with Gasteiger partial charge < -0.3 is 19.7 Å². The lowest BCUT2D eigenvalue weighted by molar-refractivity contribution is 0.0430. The molecule has 1 aromatic carbocycles. The van der Waals surface area contributed by atoms with Crippen LogP contribution in [0.4, 0.5) is 5.69 Å². The van der Waals surface area contributed by atoms with Crippen LogP contribution in [0.5, 0.6) is 0 Å². The Hall–Kier alpha value is -2.80. The summed E-state index contributed by atoms with van der Waals surface area (Å²) in [5, 5.41) is 17.6. The van der Waals surface area contributed by atoms with Gasteiger partial charge in [0, 0.05) is 26.3 Å². The van der Waals surface area contributed by atoms with Crippen molar-refractivity contribution in [2.45, 2.75) is 11.5 Å². The fourth-order valence-electron chi connectivity index (χ4n) is 2.43. The van der Waals surface area contributed by atoms with E-state index < -0.39 is 16.0 Å². The molecular formula is C18H20N4O6S2. The van der Waals surface area contributed by atoms with Crippen molar-refractivity contribution in [3.63, 3.8) is 0 Å². The van der Waals surface area contributed by atoms with Crippen LogP contribution in [0, 0.1) is 0 Å². The Bertz CT molecular complexity index is 1110. The van der Waals surface area contributed by atoms with E-state index in [1.807, 2.05) is 17.5 Å². The van der Waals surface area contributed by atoms with Crippen molar-refractivity contribution in [1.82, 2.24) is 14.4 Å². The van der Waals surface area contributed by atoms with Crippen molar-refractivity contribution < 1.29 is 27.6 Å². The molecule has 160 valence electrons. The summed E-state index contributed by atoms with van der Waals surface area (Å²) in [5.41, 5.74) is 0.334. The summed E-state index contributed by atoms with van der Waals surface area (Å²) >= 11 is 1.44. The van der Waals surface area contributed by atoms with Crippen LogP contribution >= 0.6 is 11.3 Å². The van der Waals surface area contributed by atoms with E-state index in [-0.39, 0.29) is 36.1 Å². The van der Waals surface area contributed by atoms with Crippen molar-refractivity contribution in [3.8, 4) is 10.7 Å². The topological polar surface area (TPSA) is 135 Å². The lowest BCUT2D eigenvalue weighted by Gasteiger charge is -2.15. The van der Waals surface area contributed by atoms with E-state index >= 15 is 0 Å². The molecule has 0 unspecified atom stereocenters. The first-order valence-corrected chi connectivity index (χ1v) is 11.1. The summed E-state index contributed by atoms with van der Waals surface area (Å²) in [5.74, 6) is -0.281. The Kier molecular flexibility index (Phi) is 6.82. The maximum Gasteiger partial charge on any atom is 0.340 e. The van der Waals surface area contributed by atoms with Crippen molar-refractivity contribution in [3.05, 3.63) is 47.2 Å². The van der Waals surface area contributed by atoms with Crippen LogP contribution in [0.1, 0.15) is 16.2 Å². The maximum absolute atomic E-state index is 12.7. The average molecular weight is 453 g/mol. The average Bonchev–Trinajstić information content (AvgIpc) is 3.41. The molecule has 0 atom stereocenters. The van der Waals surface area contributed by atoms with Gasteiger partial charge in [-0.2, -0.15) is 4.98 Å². The number of thiophene rings is 1. The van der Waals surface area contributed by atoms with Crippen LogP contribution in [0.2, 0.25) is 0 Å². The van der Waals surface area contributed by atoms with Gasteiger partial charge in [0.05, 0.1) is 21.9 Å². The quantitative estimate of drug-likeness (QED) is 0.466. The summed E-state index contributed by atoms with van der Waals surface area (Å²) in [6.07, 6.45) is 0. The van der Waals surface area contributed by atoms with Gasteiger partial charge in [0.2, 0.25) is 15.8 Å². The highest BCUT2D eigenvalue weighted by atomic mass is 32.2. The largest absolute Gasteiger partial charge is 0.452 e. The number of sulfonamides is 1. The molecule has 0 bridgehead atoms. The third-order valence-electron chi connectivity index (χ3n) is 3.95. The van der Waals surface area contributed by atoms with Crippen LogP contribution in [0.3, 0.4) is 0 Å². The van der Waals surface area contributed by atoms with Gasteiger partial charge in [-0.05, 0) is 29.6 Å². The molecule has 12 heteroatoms. The molecule has 10 nitrogen and oxygen atoms in total. The standard InChI is InChI=1S/C18H20N4O6S2/c1-22(2)30(25,26)12-5-6-14(19-7-8-23)13(10-12)18(24)27-11-16-20-17(21-28-16)15-4-3-9-29-15/h3-6,9-10,19,23H,7-8,11H2,1-2H3. The smallest absolute Gasteiger partial charge is 0.340 e.